The Morgan fingerprint density at radius 2 is 2.00 bits per heavy atom. The standard InChI is InChI=1S/C13H16N6O/c14-12-17-13(15)19(18-12)9-6-8-4-5-10(20)2-1-3-11(8)16-7-9/h6-7H,1-5H2,(H4,14,15,17,18). The van der Waals surface area contributed by atoms with E-state index in [0.29, 0.717) is 25.0 Å². The second-order valence-electron chi connectivity index (χ2n) is 4.93. The number of fused-ring (bicyclic) bond motifs is 1. The maximum Gasteiger partial charge on any atom is 0.241 e. The summed E-state index contributed by atoms with van der Waals surface area (Å²) < 4.78 is 1.46. The Balaban J connectivity index is 1.99. The SMILES string of the molecule is Nc1nc(N)n(-c2cnc3c(c2)CCC(=O)CCC3)n1. The molecule has 1 aliphatic rings. The third-order valence-corrected chi connectivity index (χ3v) is 3.48. The number of hydrogen-bond donors (Lipinski definition) is 2. The highest BCUT2D eigenvalue weighted by Gasteiger charge is 2.15. The van der Waals surface area contributed by atoms with Gasteiger partial charge < -0.3 is 11.5 Å². The molecule has 7 nitrogen and oxygen atoms in total. The van der Waals surface area contributed by atoms with Gasteiger partial charge in [0.2, 0.25) is 11.9 Å². The number of pyridine rings is 1. The van der Waals surface area contributed by atoms with E-state index in [4.69, 9.17) is 11.5 Å². The lowest BCUT2D eigenvalue weighted by molar-refractivity contribution is -0.119. The van der Waals surface area contributed by atoms with Crippen LogP contribution in [0.25, 0.3) is 5.69 Å². The number of aryl methyl sites for hydroxylation is 2. The molecule has 7 heteroatoms. The smallest absolute Gasteiger partial charge is 0.241 e. The molecule has 0 spiro atoms. The summed E-state index contributed by atoms with van der Waals surface area (Å²) >= 11 is 0. The van der Waals surface area contributed by atoms with Crippen molar-refractivity contribution in [3.05, 3.63) is 23.5 Å². The molecule has 1 aliphatic carbocycles. The second kappa shape index (κ2) is 4.92. The van der Waals surface area contributed by atoms with Gasteiger partial charge in [-0.1, -0.05) is 0 Å². The first kappa shape index (κ1) is 12.6. The lowest BCUT2D eigenvalue weighted by Gasteiger charge is -2.13. The first-order valence-electron chi connectivity index (χ1n) is 6.61. The third kappa shape index (κ3) is 2.34. The maximum atomic E-state index is 11.6. The van der Waals surface area contributed by atoms with Crippen LogP contribution in [-0.4, -0.2) is 25.5 Å². The van der Waals surface area contributed by atoms with Crippen LogP contribution >= 0.6 is 0 Å². The summed E-state index contributed by atoms with van der Waals surface area (Å²) in [5.41, 5.74) is 14.1. The van der Waals surface area contributed by atoms with Gasteiger partial charge >= 0.3 is 0 Å². The minimum Gasteiger partial charge on any atom is -0.368 e. The van der Waals surface area contributed by atoms with E-state index >= 15 is 0 Å². The fourth-order valence-electron chi connectivity index (χ4n) is 2.47. The minimum atomic E-state index is 0.129. The summed E-state index contributed by atoms with van der Waals surface area (Å²) in [4.78, 5) is 19.9. The van der Waals surface area contributed by atoms with Crippen LogP contribution in [0, 0.1) is 0 Å². The molecule has 0 radical (unpaired) electrons. The minimum absolute atomic E-state index is 0.129. The highest BCUT2D eigenvalue weighted by molar-refractivity contribution is 5.78. The molecular formula is C13H16N6O. The normalized spacial score (nSPS) is 15.5. The number of nitrogens with zero attached hydrogens (tertiary/aromatic N) is 4. The monoisotopic (exact) mass is 272 g/mol. The van der Waals surface area contributed by atoms with Gasteiger partial charge in [-0.25, -0.2) is 0 Å². The Hall–Kier alpha value is -2.44. The number of anilines is 2. The molecule has 0 amide bonds. The molecule has 0 unspecified atom stereocenters. The van der Waals surface area contributed by atoms with Crippen LogP contribution in [0.15, 0.2) is 12.3 Å². The van der Waals surface area contributed by atoms with Crippen molar-refractivity contribution >= 4 is 17.7 Å². The fraction of sp³-hybridized carbons (Fsp3) is 0.385. The molecule has 0 saturated carbocycles. The molecule has 0 aliphatic heterocycles. The van der Waals surface area contributed by atoms with Gasteiger partial charge in [0.05, 0.1) is 11.9 Å². The van der Waals surface area contributed by atoms with Crippen molar-refractivity contribution in [3.8, 4) is 5.69 Å². The number of carbonyl (C=O) groups excluding carboxylic acids is 1. The van der Waals surface area contributed by atoms with Crippen molar-refractivity contribution in [2.45, 2.75) is 32.1 Å². The molecule has 104 valence electrons. The number of nitrogen functional groups attached to an aromatic ring is 2. The molecule has 2 aromatic rings. The van der Waals surface area contributed by atoms with E-state index in [9.17, 15) is 4.79 Å². The number of hydrogen-bond acceptors (Lipinski definition) is 6. The highest BCUT2D eigenvalue weighted by Crippen LogP contribution is 2.20. The summed E-state index contributed by atoms with van der Waals surface area (Å²) in [6.07, 6.45) is 5.32. The molecule has 4 N–H and O–H groups in total. The van der Waals surface area contributed by atoms with Gasteiger partial charge in [0, 0.05) is 18.5 Å². The van der Waals surface area contributed by atoms with Crippen molar-refractivity contribution in [1.82, 2.24) is 19.7 Å². The van der Waals surface area contributed by atoms with Gasteiger partial charge in [0.25, 0.3) is 0 Å². The number of ketones is 1. The molecule has 2 heterocycles. The van der Waals surface area contributed by atoms with E-state index in [1.165, 1.54) is 4.68 Å². The van der Waals surface area contributed by atoms with Crippen LogP contribution in [0.5, 0.6) is 0 Å². The molecule has 0 aromatic carbocycles. The first-order valence-corrected chi connectivity index (χ1v) is 6.61. The topological polar surface area (TPSA) is 113 Å². The van der Waals surface area contributed by atoms with Gasteiger partial charge in [0.15, 0.2) is 0 Å². The third-order valence-electron chi connectivity index (χ3n) is 3.48. The Morgan fingerprint density at radius 3 is 2.75 bits per heavy atom. The lowest BCUT2D eigenvalue weighted by atomic mass is 9.96. The highest BCUT2D eigenvalue weighted by atomic mass is 16.1. The van der Waals surface area contributed by atoms with Gasteiger partial charge in [0.1, 0.15) is 5.78 Å². The van der Waals surface area contributed by atoms with Gasteiger partial charge in [-0.05, 0) is 30.9 Å². The second-order valence-corrected chi connectivity index (χ2v) is 4.93. The summed E-state index contributed by atoms with van der Waals surface area (Å²) in [6.45, 7) is 0. The Morgan fingerprint density at radius 1 is 1.15 bits per heavy atom. The zero-order chi connectivity index (χ0) is 14.1. The average molecular weight is 272 g/mol. The first-order chi connectivity index (χ1) is 9.63. The van der Waals surface area contributed by atoms with Crippen LogP contribution in [0.4, 0.5) is 11.9 Å². The maximum absolute atomic E-state index is 11.6. The van der Waals surface area contributed by atoms with Crippen LogP contribution < -0.4 is 11.5 Å². The van der Waals surface area contributed by atoms with E-state index in [1.807, 2.05) is 6.07 Å². The van der Waals surface area contributed by atoms with Gasteiger partial charge in [-0.15, -0.1) is 5.10 Å². The average Bonchev–Trinajstić information content (AvgIpc) is 2.74. The van der Waals surface area contributed by atoms with E-state index in [0.717, 1.165) is 29.8 Å². The van der Waals surface area contributed by atoms with E-state index in [1.54, 1.807) is 6.20 Å². The summed E-state index contributed by atoms with van der Waals surface area (Å²) in [7, 11) is 0. The van der Waals surface area contributed by atoms with Crippen molar-refractivity contribution in [2.24, 2.45) is 0 Å². The fourth-order valence-corrected chi connectivity index (χ4v) is 2.47. The summed E-state index contributed by atoms with van der Waals surface area (Å²) in [6, 6.07) is 1.96. The Bertz CT molecular complexity index is 663. The van der Waals surface area contributed by atoms with Gasteiger partial charge in [-0.2, -0.15) is 9.67 Å². The van der Waals surface area contributed by atoms with Crippen molar-refractivity contribution in [3.63, 3.8) is 0 Å². The molecule has 2 aromatic heterocycles. The molecule has 0 saturated heterocycles. The lowest BCUT2D eigenvalue weighted by Crippen LogP contribution is -2.11. The van der Waals surface area contributed by atoms with Crippen LogP contribution in [0.2, 0.25) is 0 Å². The Kier molecular flexibility index (Phi) is 3.09. The zero-order valence-corrected chi connectivity index (χ0v) is 11.0. The molecule has 0 bridgehead atoms. The van der Waals surface area contributed by atoms with Crippen LogP contribution in [0.1, 0.15) is 30.5 Å². The van der Waals surface area contributed by atoms with Crippen molar-refractivity contribution < 1.29 is 4.79 Å². The number of nitrogens with two attached hydrogens (primary N) is 2. The molecular weight excluding hydrogens is 256 g/mol. The molecule has 20 heavy (non-hydrogen) atoms. The molecule has 0 atom stereocenters. The summed E-state index contributed by atoms with van der Waals surface area (Å²) in [5.74, 6) is 0.668. The zero-order valence-electron chi connectivity index (χ0n) is 11.0. The number of carbonyl (C=O) groups is 1. The quantitative estimate of drug-likeness (QED) is 0.788. The van der Waals surface area contributed by atoms with Crippen molar-refractivity contribution in [2.75, 3.05) is 11.5 Å². The van der Waals surface area contributed by atoms with Crippen LogP contribution in [0.3, 0.4) is 0 Å². The molecule has 0 fully saturated rings. The Labute approximate surface area is 116 Å². The predicted molar refractivity (Wildman–Crippen MR) is 74.2 cm³/mol. The van der Waals surface area contributed by atoms with E-state index in [-0.39, 0.29) is 11.9 Å². The van der Waals surface area contributed by atoms with E-state index < -0.39 is 0 Å². The van der Waals surface area contributed by atoms with Gasteiger partial charge in [-0.3, -0.25) is 9.78 Å². The number of Topliss-reactive ketones (excluding diaryl/α,β-unsaturated/α-hetero) is 1. The van der Waals surface area contributed by atoms with Crippen LogP contribution in [-0.2, 0) is 17.6 Å². The summed E-state index contributed by atoms with van der Waals surface area (Å²) in [5, 5.41) is 4.04. The molecule has 3 rings (SSSR count). The van der Waals surface area contributed by atoms with E-state index in [2.05, 4.69) is 15.1 Å². The number of rotatable bonds is 1. The largest absolute Gasteiger partial charge is 0.368 e. The van der Waals surface area contributed by atoms with Crippen molar-refractivity contribution in [1.29, 1.82) is 0 Å². The number of aromatic nitrogens is 4. The predicted octanol–water partition coefficient (Wildman–Crippen LogP) is 0.665.